The first-order valence-corrected chi connectivity index (χ1v) is 5.80. The van der Waals surface area contributed by atoms with Gasteiger partial charge in [-0.1, -0.05) is 11.6 Å². The summed E-state index contributed by atoms with van der Waals surface area (Å²) in [4.78, 5) is 19.3. The molecule has 0 unspecified atom stereocenters. The number of aromatic carboxylic acids is 1. The highest BCUT2D eigenvalue weighted by Crippen LogP contribution is 2.33. The second-order valence-electron chi connectivity index (χ2n) is 3.88. The van der Waals surface area contributed by atoms with Crippen LogP contribution >= 0.6 is 11.6 Å². The second kappa shape index (κ2) is 5.24. The largest absolute Gasteiger partial charge is 0.494 e. The molecule has 0 aliphatic heterocycles. The average molecular weight is 279 g/mol. The molecule has 0 saturated carbocycles. The third-order valence-electron chi connectivity index (χ3n) is 2.62. The van der Waals surface area contributed by atoms with Crippen molar-refractivity contribution in [2.45, 2.75) is 6.92 Å². The molecule has 0 aliphatic carbocycles. The molecule has 0 fully saturated rings. The summed E-state index contributed by atoms with van der Waals surface area (Å²) < 4.78 is 5.18. The Kier molecular flexibility index (Phi) is 3.66. The van der Waals surface area contributed by atoms with Crippen LogP contribution in [0.25, 0.3) is 11.1 Å². The highest BCUT2D eigenvalue weighted by atomic mass is 35.5. The Hall–Kier alpha value is -2.14. The first-order valence-electron chi connectivity index (χ1n) is 5.42. The molecule has 2 aromatic rings. The monoisotopic (exact) mass is 278 g/mol. The van der Waals surface area contributed by atoms with Gasteiger partial charge in [0.05, 0.1) is 18.9 Å². The molecule has 5 nitrogen and oxygen atoms in total. The fraction of sp³-hybridized carbons (Fsp3) is 0.154. The van der Waals surface area contributed by atoms with Gasteiger partial charge in [-0.3, -0.25) is 4.98 Å². The lowest BCUT2D eigenvalue weighted by molar-refractivity contribution is 0.0697. The Morgan fingerprint density at radius 2 is 2.00 bits per heavy atom. The third kappa shape index (κ3) is 2.66. The summed E-state index contributed by atoms with van der Waals surface area (Å²) in [5.41, 5.74) is 1.76. The number of rotatable bonds is 3. The molecule has 2 heterocycles. The van der Waals surface area contributed by atoms with E-state index in [1.54, 1.807) is 13.0 Å². The number of methoxy groups -OCH3 is 1. The Balaban J connectivity index is 2.71. The van der Waals surface area contributed by atoms with E-state index in [-0.39, 0.29) is 10.7 Å². The SMILES string of the molecule is COc1cnc(Cl)cc1-c1cnc(C)cc1C(=O)O. The molecule has 2 aromatic heterocycles. The fourth-order valence-corrected chi connectivity index (χ4v) is 1.90. The average Bonchev–Trinajstić information content (AvgIpc) is 2.38. The van der Waals surface area contributed by atoms with Crippen molar-refractivity contribution in [3.05, 3.63) is 40.9 Å². The molecule has 2 rings (SSSR count). The van der Waals surface area contributed by atoms with Crippen molar-refractivity contribution in [3.63, 3.8) is 0 Å². The molecule has 0 bridgehead atoms. The van der Waals surface area contributed by atoms with Crippen molar-refractivity contribution in [1.29, 1.82) is 0 Å². The summed E-state index contributed by atoms with van der Waals surface area (Å²) in [6.45, 7) is 1.73. The van der Waals surface area contributed by atoms with E-state index in [2.05, 4.69) is 9.97 Å². The summed E-state index contributed by atoms with van der Waals surface area (Å²) >= 11 is 5.85. The molecule has 0 atom stereocenters. The van der Waals surface area contributed by atoms with Crippen LogP contribution in [0.5, 0.6) is 5.75 Å². The van der Waals surface area contributed by atoms with Crippen molar-refractivity contribution in [2.24, 2.45) is 0 Å². The van der Waals surface area contributed by atoms with Crippen LogP contribution in [-0.2, 0) is 0 Å². The number of aryl methyl sites for hydroxylation is 1. The predicted octanol–water partition coefficient (Wildman–Crippen LogP) is 2.81. The number of hydrogen-bond acceptors (Lipinski definition) is 4. The van der Waals surface area contributed by atoms with Gasteiger partial charge in [0.25, 0.3) is 0 Å². The van der Waals surface area contributed by atoms with Crippen molar-refractivity contribution >= 4 is 17.6 Å². The van der Waals surface area contributed by atoms with E-state index < -0.39 is 5.97 Å². The first-order chi connectivity index (χ1) is 9.02. The molecule has 0 aromatic carbocycles. The van der Waals surface area contributed by atoms with Gasteiger partial charge in [-0.2, -0.15) is 0 Å². The fourth-order valence-electron chi connectivity index (χ4n) is 1.74. The number of carbonyl (C=O) groups is 1. The Labute approximate surface area is 114 Å². The highest BCUT2D eigenvalue weighted by Gasteiger charge is 2.16. The van der Waals surface area contributed by atoms with Crippen molar-refractivity contribution < 1.29 is 14.6 Å². The lowest BCUT2D eigenvalue weighted by Crippen LogP contribution is -2.02. The molecule has 19 heavy (non-hydrogen) atoms. The van der Waals surface area contributed by atoms with Crippen LogP contribution in [0.4, 0.5) is 0 Å². The second-order valence-corrected chi connectivity index (χ2v) is 4.27. The standard InChI is InChI=1S/C13H11ClN2O3/c1-7-3-9(13(17)18)10(5-15-7)8-4-12(14)16-6-11(8)19-2/h3-6H,1-2H3,(H,17,18). The number of aromatic nitrogens is 2. The Morgan fingerprint density at radius 3 is 2.63 bits per heavy atom. The van der Waals surface area contributed by atoms with E-state index in [1.807, 2.05) is 0 Å². The highest BCUT2D eigenvalue weighted by molar-refractivity contribution is 6.29. The maximum absolute atomic E-state index is 11.3. The van der Waals surface area contributed by atoms with Crippen LogP contribution in [0.3, 0.4) is 0 Å². The van der Waals surface area contributed by atoms with Crippen molar-refractivity contribution in [1.82, 2.24) is 9.97 Å². The molecule has 0 amide bonds. The van der Waals surface area contributed by atoms with Gasteiger partial charge in [0.1, 0.15) is 10.9 Å². The zero-order valence-corrected chi connectivity index (χ0v) is 11.1. The van der Waals surface area contributed by atoms with E-state index >= 15 is 0 Å². The molecular weight excluding hydrogens is 268 g/mol. The number of carboxylic acid groups (broad SMARTS) is 1. The summed E-state index contributed by atoms with van der Waals surface area (Å²) in [6, 6.07) is 3.06. The molecule has 0 spiro atoms. The van der Waals surface area contributed by atoms with Gasteiger partial charge in [0.15, 0.2) is 0 Å². The van der Waals surface area contributed by atoms with E-state index in [9.17, 15) is 9.90 Å². The molecule has 0 radical (unpaired) electrons. The normalized spacial score (nSPS) is 10.3. The summed E-state index contributed by atoms with van der Waals surface area (Å²) in [5, 5.41) is 9.52. The van der Waals surface area contributed by atoms with Crippen LogP contribution in [0, 0.1) is 6.92 Å². The third-order valence-corrected chi connectivity index (χ3v) is 2.82. The summed E-state index contributed by atoms with van der Waals surface area (Å²) in [5.74, 6) is -0.590. The maximum Gasteiger partial charge on any atom is 0.336 e. The Morgan fingerprint density at radius 1 is 1.26 bits per heavy atom. The lowest BCUT2D eigenvalue weighted by Gasteiger charge is -2.11. The summed E-state index contributed by atoms with van der Waals surface area (Å²) in [7, 11) is 1.48. The van der Waals surface area contributed by atoms with Gasteiger partial charge >= 0.3 is 5.97 Å². The quantitative estimate of drug-likeness (QED) is 0.874. The molecular formula is C13H11ClN2O3. The van der Waals surface area contributed by atoms with Gasteiger partial charge in [-0.25, -0.2) is 9.78 Å². The van der Waals surface area contributed by atoms with Crippen LogP contribution in [0.15, 0.2) is 24.5 Å². The van der Waals surface area contributed by atoms with Crippen LogP contribution in [-0.4, -0.2) is 28.2 Å². The number of ether oxygens (including phenoxy) is 1. The molecule has 6 heteroatoms. The van der Waals surface area contributed by atoms with Crippen LogP contribution in [0.2, 0.25) is 5.15 Å². The minimum atomic E-state index is -1.03. The number of hydrogen-bond donors (Lipinski definition) is 1. The van der Waals surface area contributed by atoms with Gasteiger partial charge in [-0.15, -0.1) is 0 Å². The molecule has 1 N–H and O–H groups in total. The molecule has 0 aliphatic rings. The van der Waals surface area contributed by atoms with Gasteiger partial charge in [-0.05, 0) is 19.1 Å². The van der Waals surface area contributed by atoms with Crippen molar-refractivity contribution in [3.8, 4) is 16.9 Å². The minimum Gasteiger partial charge on any atom is -0.494 e. The number of pyridine rings is 2. The van der Waals surface area contributed by atoms with E-state index in [1.165, 1.54) is 25.6 Å². The van der Waals surface area contributed by atoms with E-state index in [4.69, 9.17) is 16.3 Å². The van der Waals surface area contributed by atoms with Gasteiger partial charge in [0, 0.05) is 23.0 Å². The zero-order chi connectivity index (χ0) is 14.0. The van der Waals surface area contributed by atoms with E-state index in [0.717, 1.165) is 0 Å². The maximum atomic E-state index is 11.3. The number of carboxylic acids is 1. The summed E-state index contributed by atoms with van der Waals surface area (Å²) in [6.07, 6.45) is 2.94. The lowest BCUT2D eigenvalue weighted by atomic mass is 10.0. The van der Waals surface area contributed by atoms with Gasteiger partial charge in [0.2, 0.25) is 0 Å². The minimum absolute atomic E-state index is 0.146. The topological polar surface area (TPSA) is 72.3 Å². The van der Waals surface area contributed by atoms with Crippen molar-refractivity contribution in [2.75, 3.05) is 7.11 Å². The first kappa shape index (κ1) is 13.3. The Bertz CT molecular complexity index is 644. The van der Waals surface area contributed by atoms with E-state index in [0.29, 0.717) is 22.6 Å². The number of halogens is 1. The zero-order valence-electron chi connectivity index (χ0n) is 10.3. The molecule has 98 valence electrons. The van der Waals surface area contributed by atoms with Crippen LogP contribution < -0.4 is 4.74 Å². The predicted molar refractivity (Wildman–Crippen MR) is 70.7 cm³/mol. The number of nitrogens with zero attached hydrogens (tertiary/aromatic N) is 2. The molecule has 0 saturated heterocycles. The smallest absolute Gasteiger partial charge is 0.336 e. The van der Waals surface area contributed by atoms with Gasteiger partial charge < -0.3 is 9.84 Å². The van der Waals surface area contributed by atoms with Crippen LogP contribution in [0.1, 0.15) is 16.1 Å².